The van der Waals surface area contributed by atoms with Gasteiger partial charge >= 0.3 is 6.03 Å². The molecule has 2 aromatic carbocycles. The summed E-state index contributed by atoms with van der Waals surface area (Å²) in [6.45, 7) is 2.11. The normalized spacial score (nSPS) is 16.8. The molecule has 1 heterocycles. The highest BCUT2D eigenvalue weighted by Crippen LogP contribution is 2.24. The Hall–Kier alpha value is -2.60. The van der Waals surface area contributed by atoms with Gasteiger partial charge in [-0.3, -0.25) is 4.79 Å². The maximum absolute atomic E-state index is 13.4. The number of carbonyl (C=O) groups excluding carboxylic acids is 2. The van der Waals surface area contributed by atoms with Crippen molar-refractivity contribution in [1.82, 2.24) is 5.32 Å². The number of rotatable bonds is 3. The third-order valence-electron chi connectivity index (χ3n) is 4.05. The van der Waals surface area contributed by atoms with Gasteiger partial charge in [0.15, 0.2) is 0 Å². The molecule has 0 aromatic heterocycles. The number of hydrogen-bond acceptors (Lipinski definition) is 2. The van der Waals surface area contributed by atoms with E-state index in [1.807, 2.05) is 0 Å². The van der Waals surface area contributed by atoms with E-state index in [2.05, 4.69) is 10.6 Å². The minimum absolute atomic E-state index is 0.216. The summed E-state index contributed by atoms with van der Waals surface area (Å²) in [6.07, 6.45) is 0.484. The van der Waals surface area contributed by atoms with Crippen LogP contribution in [0.25, 0.3) is 0 Å². The summed E-state index contributed by atoms with van der Waals surface area (Å²) >= 11 is 5.87. The van der Waals surface area contributed by atoms with Crippen LogP contribution in [0.3, 0.4) is 0 Å². The molecule has 1 fully saturated rings. The topological polar surface area (TPSA) is 61.4 Å². The molecule has 1 atom stereocenters. The van der Waals surface area contributed by atoms with Crippen LogP contribution in [0.5, 0.6) is 0 Å². The third-order valence-corrected chi connectivity index (χ3v) is 4.28. The molecule has 3 rings (SSSR count). The first kappa shape index (κ1) is 17.2. The van der Waals surface area contributed by atoms with Crippen molar-refractivity contribution in [3.8, 4) is 0 Å². The van der Waals surface area contributed by atoms with Crippen LogP contribution in [0.1, 0.15) is 12.0 Å². The van der Waals surface area contributed by atoms with Crippen LogP contribution < -0.4 is 15.5 Å². The number of anilines is 2. The Bertz CT molecular complexity index is 828. The Kier molecular flexibility index (Phi) is 4.90. The fourth-order valence-corrected chi connectivity index (χ4v) is 2.95. The second-order valence-corrected chi connectivity index (χ2v) is 6.31. The summed E-state index contributed by atoms with van der Waals surface area (Å²) in [6, 6.07) is 10.2. The Morgan fingerprint density at radius 2 is 2.08 bits per heavy atom. The molecule has 0 radical (unpaired) electrons. The fourth-order valence-electron chi connectivity index (χ4n) is 2.76. The van der Waals surface area contributed by atoms with Gasteiger partial charge in [0.25, 0.3) is 0 Å². The molecule has 0 unspecified atom stereocenters. The highest BCUT2D eigenvalue weighted by molar-refractivity contribution is 6.30. The van der Waals surface area contributed by atoms with Crippen molar-refractivity contribution in [2.75, 3.05) is 16.8 Å². The number of halogens is 2. The van der Waals surface area contributed by atoms with E-state index in [0.29, 0.717) is 34.9 Å². The molecule has 0 bridgehead atoms. The van der Waals surface area contributed by atoms with Crippen molar-refractivity contribution in [3.05, 3.63) is 58.9 Å². The number of benzene rings is 2. The molecule has 1 aliphatic heterocycles. The number of carbonyl (C=O) groups is 2. The zero-order valence-corrected chi connectivity index (χ0v) is 14.3. The Morgan fingerprint density at radius 3 is 2.80 bits per heavy atom. The molecule has 2 N–H and O–H groups in total. The van der Waals surface area contributed by atoms with Crippen molar-refractivity contribution in [3.63, 3.8) is 0 Å². The molecule has 25 heavy (non-hydrogen) atoms. The number of hydrogen-bond donors (Lipinski definition) is 2. The highest BCUT2D eigenvalue weighted by atomic mass is 35.5. The first-order chi connectivity index (χ1) is 11.9. The van der Waals surface area contributed by atoms with Crippen LogP contribution in [0.4, 0.5) is 20.6 Å². The van der Waals surface area contributed by atoms with Crippen molar-refractivity contribution in [2.45, 2.75) is 19.4 Å². The number of nitrogens with one attached hydrogen (secondary N) is 2. The standard InChI is InChI=1S/C18H17ClFN3O2/c1-11-9-14(5-6-15(11)20)23-8-7-16(17(23)24)22-18(25)21-13-4-2-3-12(19)10-13/h2-6,9-10,16H,7-8H2,1H3,(H2,21,22,25)/t16-/m0/s1. The molecule has 0 spiro atoms. The van der Waals surface area contributed by atoms with E-state index in [9.17, 15) is 14.0 Å². The lowest BCUT2D eigenvalue weighted by molar-refractivity contribution is -0.118. The van der Waals surface area contributed by atoms with Gasteiger partial charge in [-0.25, -0.2) is 9.18 Å². The Balaban J connectivity index is 1.63. The van der Waals surface area contributed by atoms with Gasteiger partial charge in [0.05, 0.1) is 0 Å². The van der Waals surface area contributed by atoms with Crippen molar-refractivity contribution >= 4 is 34.9 Å². The largest absolute Gasteiger partial charge is 0.326 e. The number of aryl methyl sites for hydroxylation is 1. The van der Waals surface area contributed by atoms with Gasteiger partial charge in [-0.05, 0) is 55.3 Å². The average Bonchev–Trinajstić information content (AvgIpc) is 2.91. The van der Waals surface area contributed by atoms with Gasteiger partial charge in [-0.1, -0.05) is 17.7 Å². The maximum atomic E-state index is 13.4. The van der Waals surface area contributed by atoms with Gasteiger partial charge in [-0.2, -0.15) is 0 Å². The molecule has 0 aliphatic carbocycles. The lowest BCUT2D eigenvalue weighted by Crippen LogP contribution is -2.43. The number of amides is 3. The second kappa shape index (κ2) is 7.11. The zero-order valence-electron chi connectivity index (χ0n) is 13.6. The van der Waals surface area contributed by atoms with Crippen LogP contribution in [0, 0.1) is 12.7 Å². The molecule has 2 aromatic rings. The predicted molar refractivity (Wildman–Crippen MR) is 95.5 cm³/mol. The predicted octanol–water partition coefficient (Wildman–Crippen LogP) is 3.71. The van der Waals surface area contributed by atoms with Gasteiger partial charge in [0, 0.05) is 22.9 Å². The molecule has 7 heteroatoms. The van der Waals surface area contributed by atoms with E-state index in [1.54, 1.807) is 48.2 Å². The van der Waals surface area contributed by atoms with E-state index in [0.717, 1.165) is 0 Å². The van der Waals surface area contributed by atoms with Gasteiger partial charge in [0.1, 0.15) is 11.9 Å². The van der Waals surface area contributed by atoms with Crippen molar-refractivity contribution in [1.29, 1.82) is 0 Å². The van der Waals surface area contributed by atoms with Crippen LogP contribution in [0.2, 0.25) is 5.02 Å². The van der Waals surface area contributed by atoms with E-state index in [4.69, 9.17) is 11.6 Å². The first-order valence-corrected chi connectivity index (χ1v) is 8.22. The summed E-state index contributed by atoms with van der Waals surface area (Å²) < 4.78 is 13.4. The molecule has 0 saturated carbocycles. The molecule has 130 valence electrons. The maximum Gasteiger partial charge on any atom is 0.319 e. The monoisotopic (exact) mass is 361 g/mol. The van der Waals surface area contributed by atoms with E-state index in [-0.39, 0.29) is 11.7 Å². The number of urea groups is 1. The highest BCUT2D eigenvalue weighted by Gasteiger charge is 2.33. The number of nitrogens with zero attached hydrogens (tertiary/aromatic N) is 1. The smallest absolute Gasteiger partial charge is 0.319 e. The summed E-state index contributed by atoms with van der Waals surface area (Å²) in [5.74, 6) is -0.529. The average molecular weight is 362 g/mol. The lowest BCUT2D eigenvalue weighted by atomic mass is 10.2. The lowest BCUT2D eigenvalue weighted by Gasteiger charge is -2.18. The first-order valence-electron chi connectivity index (χ1n) is 7.84. The van der Waals surface area contributed by atoms with Gasteiger partial charge in [-0.15, -0.1) is 0 Å². The molecular weight excluding hydrogens is 345 g/mol. The summed E-state index contributed by atoms with van der Waals surface area (Å²) in [5, 5.41) is 5.82. The Labute approximate surface area is 149 Å². The minimum Gasteiger partial charge on any atom is -0.326 e. The fraction of sp³-hybridized carbons (Fsp3) is 0.222. The summed E-state index contributed by atoms with van der Waals surface area (Å²) in [4.78, 5) is 26.1. The second-order valence-electron chi connectivity index (χ2n) is 5.87. The van der Waals surface area contributed by atoms with Gasteiger partial charge < -0.3 is 15.5 Å². The molecule has 1 saturated heterocycles. The van der Waals surface area contributed by atoms with E-state index < -0.39 is 12.1 Å². The molecular formula is C18H17ClFN3O2. The summed E-state index contributed by atoms with van der Waals surface area (Å²) in [7, 11) is 0. The molecule has 1 aliphatic rings. The summed E-state index contributed by atoms with van der Waals surface area (Å²) in [5.41, 5.74) is 1.64. The van der Waals surface area contributed by atoms with Gasteiger partial charge in [0.2, 0.25) is 5.91 Å². The molecule has 5 nitrogen and oxygen atoms in total. The van der Waals surface area contributed by atoms with Crippen LogP contribution in [-0.4, -0.2) is 24.5 Å². The van der Waals surface area contributed by atoms with Crippen LogP contribution in [0.15, 0.2) is 42.5 Å². The van der Waals surface area contributed by atoms with Crippen molar-refractivity contribution in [2.24, 2.45) is 0 Å². The quantitative estimate of drug-likeness (QED) is 0.875. The zero-order chi connectivity index (χ0) is 18.0. The van der Waals surface area contributed by atoms with E-state index >= 15 is 0 Å². The van der Waals surface area contributed by atoms with Crippen LogP contribution in [-0.2, 0) is 4.79 Å². The SMILES string of the molecule is Cc1cc(N2CC[C@H](NC(=O)Nc3cccc(Cl)c3)C2=O)ccc1F. The third kappa shape index (κ3) is 3.91. The Morgan fingerprint density at radius 1 is 1.28 bits per heavy atom. The van der Waals surface area contributed by atoms with E-state index in [1.165, 1.54) is 6.07 Å². The molecule has 3 amide bonds. The van der Waals surface area contributed by atoms with Crippen molar-refractivity contribution < 1.29 is 14.0 Å². The van der Waals surface area contributed by atoms with Crippen LogP contribution >= 0.6 is 11.6 Å². The minimum atomic E-state index is -0.621.